The molecule has 4 nitrogen and oxygen atoms in total. The molecule has 0 radical (unpaired) electrons. The van der Waals surface area contributed by atoms with E-state index in [1.807, 2.05) is 55.5 Å². The van der Waals surface area contributed by atoms with Crippen LogP contribution in [0.5, 0.6) is 5.75 Å². The Hall–Kier alpha value is -2.33. The first-order chi connectivity index (χ1) is 11.6. The quantitative estimate of drug-likeness (QED) is 0.784. The molecule has 2 aromatic carbocycles. The van der Waals surface area contributed by atoms with Crippen molar-refractivity contribution in [2.45, 2.75) is 25.7 Å². The fourth-order valence-corrected chi connectivity index (χ4v) is 2.73. The van der Waals surface area contributed by atoms with Gasteiger partial charge in [0.15, 0.2) is 0 Å². The normalized spacial score (nSPS) is 11.8. The zero-order valence-electron chi connectivity index (χ0n) is 14.3. The Labute approximate surface area is 143 Å². The molecule has 1 unspecified atom stereocenters. The summed E-state index contributed by atoms with van der Waals surface area (Å²) in [7, 11) is 1.63. The van der Waals surface area contributed by atoms with Crippen LogP contribution in [0.3, 0.4) is 0 Å². The summed E-state index contributed by atoms with van der Waals surface area (Å²) in [6.07, 6.45) is 0.944. The number of carbonyl (C=O) groups is 1. The molecular weight excluding hydrogens is 302 g/mol. The van der Waals surface area contributed by atoms with Crippen molar-refractivity contribution in [3.8, 4) is 5.75 Å². The number of amides is 1. The molecule has 0 aliphatic rings. The van der Waals surface area contributed by atoms with Gasteiger partial charge >= 0.3 is 0 Å². The van der Waals surface area contributed by atoms with E-state index in [0.29, 0.717) is 19.4 Å². The van der Waals surface area contributed by atoms with Crippen LogP contribution in [-0.4, -0.2) is 31.3 Å². The summed E-state index contributed by atoms with van der Waals surface area (Å²) in [6, 6.07) is 15.8. The lowest BCUT2D eigenvalue weighted by molar-refractivity contribution is -0.120. The van der Waals surface area contributed by atoms with E-state index in [9.17, 15) is 9.90 Å². The number of aryl methyl sites for hydroxylation is 1. The van der Waals surface area contributed by atoms with E-state index in [1.54, 1.807) is 7.11 Å². The summed E-state index contributed by atoms with van der Waals surface area (Å²) in [5, 5.41) is 12.2. The number of aliphatic hydroxyl groups is 1. The molecule has 4 heteroatoms. The van der Waals surface area contributed by atoms with Crippen LogP contribution in [0.1, 0.15) is 29.0 Å². The minimum Gasteiger partial charge on any atom is -0.496 e. The van der Waals surface area contributed by atoms with Gasteiger partial charge in [-0.15, -0.1) is 0 Å². The summed E-state index contributed by atoms with van der Waals surface area (Å²) in [5.41, 5.74) is 3.10. The Balaban J connectivity index is 1.94. The fraction of sp³-hybridized carbons (Fsp3) is 0.350. The maximum Gasteiger partial charge on any atom is 0.224 e. The second kappa shape index (κ2) is 9.08. The average molecular weight is 327 g/mol. The molecular formula is C20H25NO3. The van der Waals surface area contributed by atoms with Crippen molar-refractivity contribution in [3.05, 3.63) is 65.2 Å². The van der Waals surface area contributed by atoms with Gasteiger partial charge in [-0.25, -0.2) is 0 Å². The number of rotatable bonds is 8. The topological polar surface area (TPSA) is 58.6 Å². The van der Waals surface area contributed by atoms with Crippen LogP contribution < -0.4 is 10.1 Å². The predicted octanol–water partition coefficient (Wildman–Crippen LogP) is 2.83. The zero-order chi connectivity index (χ0) is 17.4. The third kappa shape index (κ3) is 5.10. The van der Waals surface area contributed by atoms with Crippen LogP contribution in [0.4, 0.5) is 0 Å². The highest BCUT2D eigenvalue weighted by Gasteiger charge is 2.13. The summed E-state index contributed by atoms with van der Waals surface area (Å²) < 4.78 is 5.30. The smallest absolute Gasteiger partial charge is 0.224 e. The number of hydrogen-bond donors (Lipinski definition) is 2. The van der Waals surface area contributed by atoms with Crippen LogP contribution in [0, 0.1) is 6.92 Å². The third-order valence-corrected chi connectivity index (χ3v) is 4.13. The summed E-state index contributed by atoms with van der Waals surface area (Å²) in [5.74, 6) is 0.884. The first-order valence-corrected chi connectivity index (χ1v) is 8.20. The lowest BCUT2D eigenvalue weighted by Gasteiger charge is -2.17. The first kappa shape index (κ1) is 18.0. The fourth-order valence-electron chi connectivity index (χ4n) is 2.73. The van der Waals surface area contributed by atoms with E-state index in [0.717, 1.165) is 22.4 Å². The average Bonchev–Trinajstić information content (AvgIpc) is 2.61. The van der Waals surface area contributed by atoms with Crippen molar-refractivity contribution in [1.29, 1.82) is 0 Å². The second-order valence-electron chi connectivity index (χ2n) is 5.90. The maximum absolute atomic E-state index is 12.2. The van der Waals surface area contributed by atoms with Crippen LogP contribution >= 0.6 is 0 Å². The van der Waals surface area contributed by atoms with E-state index in [4.69, 9.17) is 4.74 Å². The van der Waals surface area contributed by atoms with Gasteiger partial charge in [0.2, 0.25) is 5.91 Å². The van der Waals surface area contributed by atoms with E-state index in [-0.39, 0.29) is 18.4 Å². The highest BCUT2D eigenvalue weighted by molar-refractivity contribution is 5.78. The molecule has 2 N–H and O–H groups in total. The molecule has 0 aromatic heterocycles. The first-order valence-electron chi connectivity index (χ1n) is 8.20. The highest BCUT2D eigenvalue weighted by Crippen LogP contribution is 2.20. The Kier molecular flexibility index (Phi) is 6.82. The molecule has 0 heterocycles. The number of aliphatic hydroxyl groups excluding tert-OH is 1. The molecule has 0 aliphatic carbocycles. The third-order valence-electron chi connectivity index (χ3n) is 4.13. The summed E-state index contributed by atoms with van der Waals surface area (Å²) in [6.45, 7) is 2.60. The molecule has 0 saturated heterocycles. The van der Waals surface area contributed by atoms with Gasteiger partial charge in [-0.1, -0.05) is 42.5 Å². The maximum atomic E-state index is 12.2. The summed E-state index contributed by atoms with van der Waals surface area (Å²) >= 11 is 0. The molecule has 0 bridgehead atoms. The van der Waals surface area contributed by atoms with Gasteiger partial charge in [0, 0.05) is 19.1 Å². The van der Waals surface area contributed by atoms with Gasteiger partial charge in [-0.05, 0) is 36.1 Å². The van der Waals surface area contributed by atoms with Gasteiger partial charge in [-0.2, -0.15) is 0 Å². The number of methoxy groups -OCH3 is 1. The van der Waals surface area contributed by atoms with Crippen LogP contribution in [0.15, 0.2) is 48.5 Å². The Morgan fingerprint density at radius 2 is 1.96 bits per heavy atom. The molecule has 1 atom stereocenters. The molecule has 2 rings (SSSR count). The Morgan fingerprint density at radius 1 is 1.21 bits per heavy atom. The highest BCUT2D eigenvalue weighted by atomic mass is 16.5. The van der Waals surface area contributed by atoms with Gasteiger partial charge in [0.05, 0.1) is 13.5 Å². The SMILES string of the molecule is COc1cc(CC(=O)NCC(CCO)c2ccccc2)ccc1C. The van der Waals surface area contributed by atoms with Crippen molar-refractivity contribution >= 4 is 5.91 Å². The number of hydrogen-bond acceptors (Lipinski definition) is 3. The molecule has 24 heavy (non-hydrogen) atoms. The molecule has 0 spiro atoms. The van der Waals surface area contributed by atoms with Gasteiger partial charge in [0.1, 0.15) is 5.75 Å². The second-order valence-corrected chi connectivity index (χ2v) is 5.90. The van der Waals surface area contributed by atoms with Gasteiger partial charge in [0.25, 0.3) is 0 Å². The van der Waals surface area contributed by atoms with Crippen LogP contribution in [0.2, 0.25) is 0 Å². The van der Waals surface area contributed by atoms with Crippen LogP contribution in [0.25, 0.3) is 0 Å². The molecule has 0 saturated carbocycles. The van der Waals surface area contributed by atoms with Crippen molar-refractivity contribution < 1.29 is 14.6 Å². The lowest BCUT2D eigenvalue weighted by Crippen LogP contribution is -2.30. The van der Waals surface area contributed by atoms with Gasteiger partial charge in [-0.3, -0.25) is 4.79 Å². The molecule has 128 valence electrons. The Morgan fingerprint density at radius 3 is 2.62 bits per heavy atom. The largest absolute Gasteiger partial charge is 0.496 e. The minimum atomic E-state index is -0.0280. The van der Waals surface area contributed by atoms with Gasteiger partial charge < -0.3 is 15.2 Å². The lowest BCUT2D eigenvalue weighted by atomic mass is 9.96. The standard InChI is InChI=1S/C20H25NO3/c1-15-8-9-16(12-19(15)24-2)13-20(23)21-14-18(10-11-22)17-6-4-3-5-7-17/h3-9,12,18,22H,10-11,13-14H2,1-2H3,(H,21,23). The molecule has 0 fully saturated rings. The number of carbonyl (C=O) groups excluding carboxylic acids is 1. The van der Waals surface area contributed by atoms with Crippen LogP contribution in [-0.2, 0) is 11.2 Å². The van der Waals surface area contributed by atoms with E-state index < -0.39 is 0 Å². The Bertz CT molecular complexity index is 655. The summed E-state index contributed by atoms with van der Waals surface area (Å²) in [4.78, 5) is 12.2. The van der Waals surface area contributed by atoms with Crippen molar-refractivity contribution in [1.82, 2.24) is 5.32 Å². The van der Waals surface area contributed by atoms with E-state index >= 15 is 0 Å². The molecule has 2 aromatic rings. The number of nitrogens with one attached hydrogen (secondary N) is 1. The van der Waals surface area contributed by atoms with Crippen molar-refractivity contribution in [3.63, 3.8) is 0 Å². The molecule has 0 aliphatic heterocycles. The zero-order valence-corrected chi connectivity index (χ0v) is 14.3. The van der Waals surface area contributed by atoms with E-state index in [2.05, 4.69) is 5.32 Å². The van der Waals surface area contributed by atoms with E-state index in [1.165, 1.54) is 0 Å². The van der Waals surface area contributed by atoms with Crippen molar-refractivity contribution in [2.75, 3.05) is 20.3 Å². The number of ether oxygens (including phenoxy) is 1. The predicted molar refractivity (Wildman–Crippen MR) is 95.3 cm³/mol. The number of benzene rings is 2. The van der Waals surface area contributed by atoms with Crippen molar-refractivity contribution in [2.24, 2.45) is 0 Å². The molecule has 1 amide bonds. The monoisotopic (exact) mass is 327 g/mol. The minimum absolute atomic E-state index is 0.0280.